The van der Waals surface area contributed by atoms with Crippen molar-refractivity contribution in [3.05, 3.63) is 36.1 Å². The van der Waals surface area contributed by atoms with Crippen LogP contribution in [0.1, 0.15) is 12.0 Å². The summed E-state index contributed by atoms with van der Waals surface area (Å²) in [6, 6.07) is 7.89. The van der Waals surface area contributed by atoms with Crippen molar-refractivity contribution in [2.24, 2.45) is 5.73 Å². The molecule has 4 nitrogen and oxygen atoms in total. The van der Waals surface area contributed by atoms with Gasteiger partial charge in [0.1, 0.15) is 5.58 Å². The lowest BCUT2D eigenvalue weighted by atomic mass is 10.1. The Bertz CT molecular complexity index is 561. The molecule has 17 heavy (non-hydrogen) atoms. The molecule has 1 aromatic heterocycles. The van der Waals surface area contributed by atoms with Crippen molar-refractivity contribution in [3.8, 4) is 0 Å². The van der Waals surface area contributed by atoms with Gasteiger partial charge in [0.05, 0.1) is 6.26 Å². The fraction of sp³-hybridized carbons (Fsp3) is 0.308. The van der Waals surface area contributed by atoms with E-state index in [1.165, 1.54) is 0 Å². The van der Waals surface area contributed by atoms with E-state index in [0.717, 1.165) is 16.5 Å². The maximum atomic E-state index is 11.6. The van der Waals surface area contributed by atoms with Gasteiger partial charge in [-0.3, -0.25) is 4.79 Å². The highest BCUT2D eigenvalue weighted by Gasteiger charge is 2.26. The number of rotatable bonds is 2. The quantitative estimate of drug-likeness (QED) is 0.850. The maximum Gasteiger partial charge on any atom is 0.224 e. The highest BCUT2D eigenvalue weighted by Crippen LogP contribution is 2.19. The summed E-state index contributed by atoms with van der Waals surface area (Å²) in [4.78, 5) is 13.4. The Hall–Kier alpha value is -1.81. The zero-order valence-electron chi connectivity index (χ0n) is 9.43. The molecule has 2 heterocycles. The molecule has 1 aromatic carbocycles. The molecule has 0 bridgehead atoms. The van der Waals surface area contributed by atoms with Crippen molar-refractivity contribution in [2.75, 3.05) is 6.54 Å². The van der Waals surface area contributed by atoms with Crippen LogP contribution in [0, 0.1) is 0 Å². The summed E-state index contributed by atoms with van der Waals surface area (Å²) in [5.41, 5.74) is 7.75. The normalized spacial score (nSPS) is 20.4. The number of amides is 1. The zero-order valence-corrected chi connectivity index (χ0v) is 9.43. The second-order valence-corrected chi connectivity index (χ2v) is 4.53. The molecule has 1 aliphatic rings. The van der Waals surface area contributed by atoms with Gasteiger partial charge in [-0.2, -0.15) is 0 Å². The van der Waals surface area contributed by atoms with Crippen LogP contribution in [-0.4, -0.2) is 23.4 Å². The van der Waals surface area contributed by atoms with E-state index in [9.17, 15) is 4.79 Å². The third-order valence-electron chi connectivity index (χ3n) is 3.13. The molecule has 0 saturated carbocycles. The molecule has 2 aromatic rings. The van der Waals surface area contributed by atoms with E-state index >= 15 is 0 Å². The summed E-state index contributed by atoms with van der Waals surface area (Å²) in [6.45, 7) is 1.29. The van der Waals surface area contributed by atoms with Crippen molar-refractivity contribution in [1.82, 2.24) is 4.90 Å². The lowest BCUT2D eigenvalue weighted by molar-refractivity contribution is -0.128. The fourth-order valence-corrected chi connectivity index (χ4v) is 2.29. The SMILES string of the molecule is NC1CC(=O)N(Cc2ccc3occc3c2)C1. The second kappa shape index (κ2) is 3.89. The first-order valence-electron chi connectivity index (χ1n) is 5.72. The molecular formula is C13H14N2O2. The van der Waals surface area contributed by atoms with E-state index in [1.807, 2.05) is 23.1 Å². The Morgan fingerprint density at radius 1 is 1.41 bits per heavy atom. The number of carbonyl (C=O) groups excluding carboxylic acids is 1. The summed E-state index contributed by atoms with van der Waals surface area (Å²) in [6.07, 6.45) is 2.14. The predicted molar refractivity (Wildman–Crippen MR) is 64.2 cm³/mol. The van der Waals surface area contributed by atoms with Crippen LogP contribution in [0.25, 0.3) is 11.0 Å². The van der Waals surface area contributed by atoms with Crippen molar-refractivity contribution in [2.45, 2.75) is 19.0 Å². The Labute approximate surface area is 99.0 Å². The van der Waals surface area contributed by atoms with E-state index in [1.54, 1.807) is 6.26 Å². The highest BCUT2D eigenvalue weighted by molar-refractivity contribution is 5.80. The minimum absolute atomic E-state index is 0.0137. The van der Waals surface area contributed by atoms with Crippen LogP contribution < -0.4 is 5.73 Å². The summed E-state index contributed by atoms with van der Waals surface area (Å²) < 4.78 is 5.28. The van der Waals surface area contributed by atoms with Gasteiger partial charge in [0.15, 0.2) is 0 Å². The van der Waals surface area contributed by atoms with Crippen LogP contribution >= 0.6 is 0 Å². The molecule has 1 fully saturated rings. The number of furan rings is 1. The number of nitrogens with two attached hydrogens (primary N) is 1. The standard InChI is InChI=1S/C13H14N2O2/c14-11-6-13(16)15(8-11)7-9-1-2-12-10(5-9)3-4-17-12/h1-5,11H,6-8,14H2. The molecule has 1 atom stereocenters. The lowest BCUT2D eigenvalue weighted by Gasteiger charge is -2.15. The Balaban J connectivity index is 1.82. The number of fused-ring (bicyclic) bond motifs is 1. The minimum Gasteiger partial charge on any atom is -0.464 e. The van der Waals surface area contributed by atoms with Crippen LogP contribution in [0.15, 0.2) is 34.9 Å². The molecule has 2 N–H and O–H groups in total. The third-order valence-corrected chi connectivity index (χ3v) is 3.13. The summed E-state index contributed by atoms with van der Waals surface area (Å²) in [5, 5.41) is 1.07. The van der Waals surface area contributed by atoms with E-state index < -0.39 is 0 Å². The Kier molecular flexibility index (Phi) is 2.37. The monoisotopic (exact) mass is 230 g/mol. The Morgan fingerprint density at radius 2 is 2.29 bits per heavy atom. The topological polar surface area (TPSA) is 59.5 Å². The van der Waals surface area contributed by atoms with Crippen molar-refractivity contribution in [3.63, 3.8) is 0 Å². The van der Waals surface area contributed by atoms with Crippen LogP contribution in [-0.2, 0) is 11.3 Å². The molecule has 0 radical (unpaired) electrons. The lowest BCUT2D eigenvalue weighted by Crippen LogP contribution is -2.27. The molecule has 88 valence electrons. The number of hydrogen-bond acceptors (Lipinski definition) is 3. The number of nitrogens with zero attached hydrogens (tertiary/aromatic N) is 1. The third kappa shape index (κ3) is 1.91. The molecule has 4 heteroatoms. The number of benzene rings is 1. The number of carbonyl (C=O) groups is 1. The average Bonchev–Trinajstić information content (AvgIpc) is 2.85. The molecule has 1 aliphatic heterocycles. The first-order chi connectivity index (χ1) is 8.22. The van der Waals surface area contributed by atoms with E-state index in [-0.39, 0.29) is 11.9 Å². The number of likely N-dealkylation sites (tertiary alicyclic amines) is 1. The van der Waals surface area contributed by atoms with Crippen LogP contribution in [0.2, 0.25) is 0 Å². The minimum atomic E-state index is -0.0137. The van der Waals surface area contributed by atoms with E-state index in [4.69, 9.17) is 10.2 Å². The highest BCUT2D eigenvalue weighted by atomic mass is 16.3. The second-order valence-electron chi connectivity index (χ2n) is 4.53. The molecule has 1 amide bonds. The molecular weight excluding hydrogens is 216 g/mol. The molecule has 0 aliphatic carbocycles. The van der Waals surface area contributed by atoms with Gasteiger partial charge in [-0.25, -0.2) is 0 Å². The summed E-state index contributed by atoms with van der Waals surface area (Å²) in [7, 11) is 0. The van der Waals surface area contributed by atoms with E-state index in [0.29, 0.717) is 19.5 Å². The first kappa shape index (κ1) is 10.4. The molecule has 0 spiro atoms. The summed E-state index contributed by atoms with van der Waals surface area (Å²) >= 11 is 0. The fourth-order valence-electron chi connectivity index (χ4n) is 2.29. The van der Waals surface area contributed by atoms with Gasteiger partial charge in [0.25, 0.3) is 0 Å². The van der Waals surface area contributed by atoms with Gasteiger partial charge in [-0.15, -0.1) is 0 Å². The maximum absolute atomic E-state index is 11.6. The van der Waals surface area contributed by atoms with E-state index in [2.05, 4.69) is 6.07 Å². The van der Waals surface area contributed by atoms with Gasteiger partial charge < -0.3 is 15.1 Å². The van der Waals surface area contributed by atoms with Crippen LogP contribution in [0.5, 0.6) is 0 Å². The van der Waals surface area contributed by atoms with Crippen molar-refractivity contribution < 1.29 is 9.21 Å². The summed E-state index contributed by atoms with van der Waals surface area (Å²) in [5.74, 6) is 0.143. The van der Waals surface area contributed by atoms with Crippen molar-refractivity contribution >= 4 is 16.9 Å². The zero-order chi connectivity index (χ0) is 11.8. The largest absolute Gasteiger partial charge is 0.464 e. The molecule has 1 unspecified atom stereocenters. The number of hydrogen-bond donors (Lipinski definition) is 1. The van der Waals surface area contributed by atoms with Gasteiger partial charge in [0, 0.05) is 30.9 Å². The Morgan fingerprint density at radius 3 is 3.06 bits per heavy atom. The van der Waals surface area contributed by atoms with Crippen LogP contribution in [0.4, 0.5) is 0 Å². The first-order valence-corrected chi connectivity index (χ1v) is 5.72. The average molecular weight is 230 g/mol. The smallest absolute Gasteiger partial charge is 0.224 e. The van der Waals surface area contributed by atoms with Crippen molar-refractivity contribution in [1.29, 1.82) is 0 Å². The molecule has 1 saturated heterocycles. The van der Waals surface area contributed by atoms with Crippen LogP contribution in [0.3, 0.4) is 0 Å². The van der Waals surface area contributed by atoms with Gasteiger partial charge in [-0.05, 0) is 23.8 Å². The molecule has 3 rings (SSSR count). The van der Waals surface area contributed by atoms with Gasteiger partial charge >= 0.3 is 0 Å². The van der Waals surface area contributed by atoms with Gasteiger partial charge in [0.2, 0.25) is 5.91 Å². The van der Waals surface area contributed by atoms with Gasteiger partial charge in [-0.1, -0.05) is 6.07 Å². The predicted octanol–water partition coefficient (Wildman–Crippen LogP) is 1.49.